The third kappa shape index (κ3) is 2.81. The lowest BCUT2D eigenvalue weighted by Gasteiger charge is -2.05. The van der Waals surface area contributed by atoms with Gasteiger partial charge in [-0.2, -0.15) is 0 Å². The largest absolute Gasteiger partial charge is 0.309 e. The summed E-state index contributed by atoms with van der Waals surface area (Å²) in [5, 5.41) is 6.60. The smallest absolute Gasteiger partial charge is 0.145 e. The average molecular weight is 297 g/mol. The first-order valence-electron chi connectivity index (χ1n) is 6.34. The lowest BCUT2D eigenvalue weighted by molar-refractivity contribution is 0.612. The Morgan fingerprint density at radius 3 is 3.16 bits per heavy atom. The third-order valence-electron chi connectivity index (χ3n) is 3.36. The van der Waals surface area contributed by atoms with E-state index < -0.39 is 0 Å². The molecule has 1 aromatic heterocycles. The quantitative estimate of drug-likeness (QED) is 0.927. The van der Waals surface area contributed by atoms with Crippen molar-refractivity contribution in [3.05, 3.63) is 50.7 Å². The van der Waals surface area contributed by atoms with Gasteiger partial charge in [-0.1, -0.05) is 23.7 Å². The van der Waals surface area contributed by atoms with E-state index in [2.05, 4.69) is 15.7 Å². The maximum Gasteiger partial charge on any atom is 0.145 e. The number of benzene rings is 1. The summed E-state index contributed by atoms with van der Waals surface area (Å²) < 4.78 is 13.8. The standard InChI is InChI=1S/C14H14ClFN2S/c15-10-4-1-3-9(14(10)16)7-13-18-12(8-19-13)11-5-2-6-17-11/h1,3-4,8,11,17H,2,5-7H2. The summed E-state index contributed by atoms with van der Waals surface area (Å²) in [6.07, 6.45) is 2.83. The van der Waals surface area contributed by atoms with E-state index in [1.54, 1.807) is 29.5 Å². The van der Waals surface area contributed by atoms with Gasteiger partial charge < -0.3 is 5.32 Å². The molecule has 2 heterocycles. The predicted octanol–water partition coefficient (Wildman–Crippen LogP) is 3.95. The minimum atomic E-state index is -0.333. The number of hydrogen-bond donors (Lipinski definition) is 1. The molecule has 100 valence electrons. The van der Waals surface area contributed by atoms with Gasteiger partial charge in [0.15, 0.2) is 0 Å². The molecule has 5 heteroatoms. The minimum Gasteiger partial charge on any atom is -0.309 e. The molecule has 2 aromatic rings. The van der Waals surface area contributed by atoms with Crippen LogP contribution in [0.3, 0.4) is 0 Å². The van der Waals surface area contributed by atoms with Crippen molar-refractivity contribution < 1.29 is 4.39 Å². The normalized spacial score (nSPS) is 18.9. The first-order chi connectivity index (χ1) is 9.24. The van der Waals surface area contributed by atoms with Crippen LogP contribution in [0.1, 0.15) is 35.1 Å². The monoisotopic (exact) mass is 296 g/mol. The highest BCUT2D eigenvalue weighted by Gasteiger charge is 2.19. The van der Waals surface area contributed by atoms with Crippen LogP contribution in [0, 0.1) is 5.82 Å². The number of hydrogen-bond acceptors (Lipinski definition) is 3. The zero-order chi connectivity index (χ0) is 13.2. The third-order valence-corrected chi connectivity index (χ3v) is 4.52. The second-order valence-corrected chi connectivity index (χ2v) is 6.05. The summed E-state index contributed by atoms with van der Waals surface area (Å²) in [6, 6.07) is 5.47. The summed E-state index contributed by atoms with van der Waals surface area (Å²) >= 11 is 7.37. The van der Waals surface area contributed by atoms with Gasteiger partial charge in [0.25, 0.3) is 0 Å². The highest BCUT2D eigenvalue weighted by molar-refractivity contribution is 7.09. The molecule has 1 aliphatic rings. The van der Waals surface area contributed by atoms with Crippen molar-refractivity contribution in [2.75, 3.05) is 6.54 Å². The van der Waals surface area contributed by atoms with Crippen LogP contribution < -0.4 is 5.32 Å². The summed E-state index contributed by atoms with van der Waals surface area (Å²) in [7, 11) is 0. The Bertz CT molecular complexity index is 579. The van der Waals surface area contributed by atoms with Crippen molar-refractivity contribution in [1.82, 2.24) is 10.3 Å². The lowest BCUT2D eigenvalue weighted by atomic mass is 10.1. The molecule has 0 bridgehead atoms. The van der Waals surface area contributed by atoms with Crippen molar-refractivity contribution >= 4 is 22.9 Å². The fraction of sp³-hybridized carbons (Fsp3) is 0.357. The minimum absolute atomic E-state index is 0.173. The van der Waals surface area contributed by atoms with Crippen LogP contribution in [0.2, 0.25) is 5.02 Å². The molecule has 1 aliphatic heterocycles. The van der Waals surface area contributed by atoms with Gasteiger partial charge in [-0.05, 0) is 31.0 Å². The summed E-state index contributed by atoms with van der Waals surface area (Å²) in [4.78, 5) is 4.60. The SMILES string of the molecule is Fc1c(Cl)cccc1Cc1nc(C2CCCN2)cs1. The van der Waals surface area contributed by atoms with E-state index in [1.807, 2.05) is 0 Å². The summed E-state index contributed by atoms with van der Waals surface area (Å²) in [6.45, 7) is 1.06. The van der Waals surface area contributed by atoms with Crippen LogP contribution >= 0.6 is 22.9 Å². The molecule has 0 aliphatic carbocycles. The number of thiazole rings is 1. The van der Waals surface area contributed by atoms with Crippen LogP contribution in [0.15, 0.2) is 23.6 Å². The maximum absolute atomic E-state index is 13.8. The highest BCUT2D eigenvalue weighted by Crippen LogP contribution is 2.26. The van der Waals surface area contributed by atoms with Crippen molar-refractivity contribution in [1.29, 1.82) is 0 Å². The van der Waals surface area contributed by atoms with E-state index in [9.17, 15) is 4.39 Å². The van der Waals surface area contributed by atoms with Crippen molar-refractivity contribution in [2.24, 2.45) is 0 Å². The Morgan fingerprint density at radius 2 is 2.37 bits per heavy atom. The van der Waals surface area contributed by atoms with E-state index in [-0.39, 0.29) is 10.8 Å². The Kier molecular flexibility index (Phi) is 3.82. The summed E-state index contributed by atoms with van der Waals surface area (Å²) in [5.74, 6) is -0.333. The molecular formula is C14H14ClFN2S. The molecule has 0 saturated carbocycles. The topological polar surface area (TPSA) is 24.9 Å². The molecule has 19 heavy (non-hydrogen) atoms. The van der Waals surface area contributed by atoms with Crippen LogP contribution in [-0.2, 0) is 6.42 Å². The molecular weight excluding hydrogens is 283 g/mol. The zero-order valence-electron chi connectivity index (χ0n) is 10.3. The number of aromatic nitrogens is 1. The van der Waals surface area contributed by atoms with Crippen molar-refractivity contribution in [3.63, 3.8) is 0 Å². The zero-order valence-corrected chi connectivity index (χ0v) is 11.9. The van der Waals surface area contributed by atoms with E-state index >= 15 is 0 Å². The molecule has 1 aromatic carbocycles. The van der Waals surface area contributed by atoms with Gasteiger partial charge in [0, 0.05) is 11.8 Å². The Balaban J connectivity index is 1.78. The average Bonchev–Trinajstić information content (AvgIpc) is 3.05. The molecule has 1 N–H and O–H groups in total. The van der Waals surface area contributed by atoms with E-state index in [1.165, 1.54) is 6.42 Å². The van der Waals surface area contributed by atoms with Crippen LogP contribution in [-0.4, -0.2) is 11.5 Å². The first kappa shape index (κ1) is 13.0. The van der Waals surface area contributed by atoms with Crippen LogP contribution in [0.5, 0.6) is 0 Å². The number of nitrogens with zero attached hydrogens (tertiary/aromatic N) is 1. The number of halogens is 2. The number of rotatable bonds is 3. The van der Waals surface area contributed by atoms with Gasteiger partial charge in [0.05, 0.1) is 21.8 Å². The van der Waals surface area contributed by atoms with Gasteiger partial charge in [-0.25, -0.2) is 9.37 Å². The van der Waals surface area contributed by atoms with Gasteiger partial charge in [0.2, 0.25) is 0 Å². The van der Waals surface area contributed by atoms with Gasteiger partial charge in [0.1, 0.15) is 5.82 Å². The Morgan fingerprint density at radius 1 is 1.47 bits per heavy atom. The fourth-order valence-corrected chi connectivity index (χ4v) is 3.42. The second kappa shape index (κ2) is 5.57. The predicted molar refractivity (Wildman–Crippen MR) is 76.3 cm³/mol. The molecule has 2 nitrogen and oxygen atoms in total. The molecule has 0 amide bonds. The lowest BCUT2D eigenvalue weighted by Crippen LogP contribution is -2.13. The fourth-order valence-electron chi connectivity index (χ4n) is 2.35. The Hall–Kier alpha value is -0.970. The van der Waals surface area contributed by atoms with Gasteiger partial charge in [-0.3, -0.25) is 0 Å². The molecule has 0 spiro atoms. The van der Waals surface area contributed by atoms with E-state index in [0.29, 0.717) is 18.0 Å². The van der Waals surface area contributed by atoms with Crippen molar-refractivity contribution in [3.8, 4) is 0 Å². The van der Waals surface area contributed by atoms with Crippen LogP contribution in [0.25, 0.3) is 0 Å². The first-order valence-corrected chi connectivity index (χ1v) is 7.60. The maximum atomic E-state index is 13.8. The van der Waals surface area contributed by atoms with Crippen LogP contribution in [0.4, 0.5) is 4.39 Å². The van der Waals surface area contributed by atoms with E-state index in [4.69, 9.17) is 11.6 Å². The Labute approximate surface area is 120 Å². The summed E-state index contributed by atoms with van der Waals surface area (Å²) in [5.41, 5.74) is 1.69. The van der Waals surface area contributed by atoms with Gasteiger partial charge >= 0.3 is 0 Å². The number of nitrogens with one attached hydrogen (secondary N) is 1. The van der Waals surface area contributed by atoms with Crippen molar-refractivity contribution in [2.45, 2.75) is 25.3 Å². The molecule has 1 fully saturated rings. The highest BCUT2D eigenvalue weighted by atomic mass is 35.5. The molecule has 1 atom stereocenters. The molecule has 1 saturated heterocycles. The molecule has 0 radical (unpaired) electrons. The van der Waals surface area contributed by atoms with Gasteiger partial charge in [-0.15, -0.1) is 11.3 Å². The molecule has 1 unspecified atom stereocenters. The molecule has 3 rings (SSSR count). The second-order valence-electron chi connectivity index (χ2n) is 4.70. The van der Waals surface area contributed by atoms with E-state index in [0.717, 1.165) is 23.7 Å².